The number of Topliss-reactive ketones (excluding diaryl/α,β-unsaturated/α-hetero) is 1. The Morgan fingerprint density at radius 2 is 1.88 bits per heavy atom. The number of carbonyl (C=O) groups excluding carboxylic acids is 1. The molecule has 0 spiro atoms. The van der Waals surface area contributed by atoms with E-state index >= 15 is 0 Å². The van der Waals surface area contributed by atoms with Crippen LogP contribution in [0.4, 0.5) is 8.78 Å². The van der Waals surface area contributed by atoms with Crippen molar-refractivity contribution in [2.75, 3.05) is 7.11 Å². The summed E-state index contributed by atoms with van der Waals surface area (Å²) in [6.07, 6.45) is 3.89. The van der Waals surface area contributed by atoms with Gasteiger partial charge in [0.2, 0.25) is 5.88 Å². The summed E-state index contributed by atoms with van der Waals surface area (Å²) in [5.41, 5.74) is 4.68. The van der Waals surface area contributed by atoms with Gasteiger partial charge in [0.15, 0.2) is 10.8 Å². The van der Waals surface area contributed by atoms with Crippen molar-refractivity contribution in [2.24, 2.45) is 0 Å². The molecule has 7 heteroatoms. The molecule has 4 nitrogen and oxygen atoms in total. The van der Waals surface area contributed by atoms with E-state index in [1.807, 2.05) is 12.1 Å². The number of methoxy groups -OCH3 is 1. The first-order chi connectivity index (χ1) is 16.0. The summed E-state index contributed by atoms with van der Waals surface area (Å²) in [7, 11) is 1.59. The minimum atomic E-state index is -0.720. The van der Waals surface area contributed by atoms with Crippen LogP contribution < -0.4 is 4.74 Å². The number of aromatic nitrogens is 2. The smallest absolute Gasteiger partial charge is 0.221 e. The molecule has 0 radical (unpaired) electrons. The molecule has 166 valence electrons. The second-order valence-corrected chi connectivity index (χ2v) is 8.88. The van der Waals surface area contributed by atoms with Gasteiger partial charge in [-0.3, -0.25) is 4.79 Å². The fraction of sp³-hybridized carbons (Fsp3) is 0.192. The van der Waals surface area contributed by atoms with Crippen LogP contribution in [0.5, 0.6) is 5.88 Å². The van der Waals surface area contributed by atoms with Gasteiger partial charge in [-0.05, 0) is 66.3 Å². The summed E-state index contributed by atoms with van der Waals surface area (Å²) in [6.45, 7) is 0. The Bertz CT molecular complexity index is 1350. The van der Waals surface area contributed by atoms with Crippen LogP contribution in [0.3, 0.4) is 0 Å². The van der Waals surface area contributed by atoms with Crippen molar-refractivity contribution in [3.8, 4) is 27.4 Å². The molecule has 0 aliphatic heterocycles. The van der Waals surface area contributed by atoms with Gasteiger partial charge in [-0.25, -0.2) is 18.7 Å². The van der Waals surface area contributed by atoms with E-state index in [0.717, 1.165) is 58.7 Å². The highest BCUT2D eigenvalue weighted by atomic mass is 32.1. The zero-order valence-corrected chi connectivity index (χ0v) is 18.7. The summed E-state index contributed by atoms with van der Waals surface area (Å²) in [4.78, 5) is 22.7. The predicted molar refractivity (Wildman–Crippen MR) is 124 cm³/mol. The maximum atomic E-state index is 14.0. The van der Waals surface area contributed by atoms with Gasteiger partial charge in [0.1, 0.15) is 11.6 Å². The summed E-state index contributed by atoms with van der Waals surface area (Å²) in [6, 6.07) is 13.7. The monoisotopic (exact) mass is 462 g/mol. The Kier molecular flexibility index (Phi) is 5.72. The van der Waals surface area contributed by atoms with Crippen LogP contribution in [0.15, 0.2) is 54.7 Å². The number of hydrogen-bond donors (Lipinski definition) is 0. The lowest BCUT2D eigenvalue weighted by Gasteiger charge is -2.11. The van der Waals surface area contributed by atoms with Crippen LogP contribution in [0, 0.1) is 11.6 Å². The SMILES string of the molecule is COc1ncccc1-c1ccc2c(c1)-c1sc(C(=O)Cc3c(F)cccc3F)nc1CCC2. The number of rotatable bonds is 5. The lowest BCUT2D eigenvalue weighted by atomic mass is 9.97. The van der Waals surface area contributed by atoms with E-state index in [9.17, 15) is 13.6 Å². The lowest BCUT2D eigenvalue weighted by Crippen LogP contribution is -2.07. The molecule has 0 amide bonds. The molecule has 2 aromatic carbocycles. The Morgan fingerprint density at radius 3 is 2.67 bits per heavy atom. The highest BCUT2D eigenvalue weighted by Gasteiger charge is 2.24. The molecule has 0 atom stereocenters. The Labute approximate surface area is 193 Å². The Hall–Kier alpha value is -3.45. The maximum Gasteiger partial charge on any atom is 0.221 e. The number of pyridine rings is 1. The van der Waals surface area contributed by atoms with Crippen molar-refractivity contribution < 1.29 is 18.3 Å². The van der Waals surface area contributed by atoms with E-state index in [4.69, 9.17) is 4.74 Å². The fourth-order valence-electron chi connectivity index (χ4n) is 4.18. The van der Waals surface area contributed by atoms with Crippen LogP contribution in [0.25, 0.3) is 21.6 Å². The van der Waals surface area contributed by atoms with Crippen LogP contribution in [-0.2, 0) is 19.3 Å². The first kappa shape index (κ1) is 21.4. The first-order valence-corrected chi connectivity index (χ1v) is 11.4. The summed E-state index contributed by atoms with van der Waals surface area (Å²) < 4.78 is 33.5. The highest BCUT2D eigenvalue weighted by Crippen LogP contribution is 2.40. The molecule has 0 saturated heterocycles. The normalized spacial score (nSPS) is 12.6. The number of aryl methyl sites for hydroxylation is 2. The predicted octanol–water partition coefficient (Wildman–Crippen LogP) is 6.07. The largest absolute Gasteiger partial charge is 0.481 e. The maximum absolute atomic E-state index is 14.0. The van der Waals surface area contributed by atoms with Crippen molar-refractivity contribution in [2.45, 2.75) is 25.7 Å². The number of hydrogen-bond acceptors (Lipinski definition) is 5. The molecular formula is C26H20F2N2O2S. The lowest BCUT2D eigenvalue weighted by molar-refractivity contribution is 0.0990. The quantitative estimate of drug-likeness (QED) is 0.338. The van der Waals surface area contributed by atoms with Gasteiger partial charge in [-0.2, -0.15) is 0 Å². The third-order valence-electron chi connectivity index (χ3n) is 5.82. The van der Waals surface area contributed by atoms with Gasteiger partial charge in [0.05, 0.1) is 17.7 Å². The van der Waals surface area contributed by atoms with E-state index in [1.54, 1.807) is 13.3 Å². The molecule has 2 heterocycles. The van der Waals surface area contributed by atoms with E-state index in [-0.39, 0.29) is 22.8 Å². The van der Waals surface area contributed by atoms with E-state index in [0.29, 0.717) is 5.88 Å². The molecule has 2 aromatic heterocycles. The van der Waals surface area contributed by atoms with Gasteiger partial charge < -0.3 is 4.74 Å². The first-order valence-electron chi connectivity index (χ1n) is 10.6. The molecule has 1 aliphatic carbocycles. The van der Waals surface area contributed by atoms with E-state index in [2.05, 4.69) is 28.2 Å². The van der Waals surface area contributed by atoms with Gasteiger partial charge in [0.25, 0.3) is 0 Å². The zero-order chi connectivity index (χ0) is 22.9. The molecule has 0 saturated carbocycles. The Morgan fingerprint density at radius 1 is 1.06 bits per heavy atom. The summed E-state index contributed by atoms with van der Waals surface area (Å²) in [5, 5.41) is 0.278. The van der Waals surface area contributed by atoms with E-state index < -0.39 is 11.6 Å². The van der Waals surface area contributed by atoms with E-state index in [1.165, 1.54) is 23.0 Å². The third-order valence-corrected chi connectivity index (χ3v) is 7.00. The van der Waals surface area contributed by atoms with Gasteiger partial charge in [0, 0.05) is 23.7 Å². The molecule has 33 heavy (non-hydrogen) atoms. The van der Waals surface area contributed by atoms with Crippen molar-refractivity contribution in [3.63, 3.8) is 0 Å². The minimum absolute atomic E-state index is 0.223. The van der Waals surface area contributed by atoms with Crippen molar-refractivity contribution >= 4 is 17.1 Å². The summed E-state index contributed by atoms with van der Waals surface area (Å²) in [5.74, 6) is -1.29. The molecule has 5 rings (SSSR count). The minimum Gasteiger partial charge on any atom is -0.481 e. The molecular weight excluding hydrogens is 442 g/mol. The molecule has 4 aromatic rings. The van der Waals surface area contributed by atoms with Crippen molar-refractivity contribution in [1.29, 1.82) is 0 Å². The van der Waals surface area contributed by atoms with Gasteiger partial charge in [-0.15, -0.1) is 11.3 Å². The second-order valence-electron chi connectivity index (χ2n) is 7.88. The molecule has 0 fully saturated rings. The third kappa shape index (κ3) is 4.04. The standard InChI is InChI=1S/C26H20F2N2O2S/c1-32-25-17(6-4-12-29-25)16-11-10-15-5-2-9-22-24(18(15)13-16)33-26(30-22)23(31)14-19-20(27)7-3-8-21(19)28/h3-4,6-8,10-13H,2,5,9,14H2,1H3. The number of ether oxygens (including phenoxy) is 1. The highest BCUT2D eigenvalue weighted by molar-refractivity contribution is 7.17. The van der Waals surface area contributed by atoms with Gasteiger partial charge >= 0.3 is 0 Å². The number of ketones is 1. The van der Waals surface area contributed by atoms with Gasteiger partial charge in [-0.1, -0.05) is 18.2 Å². The number of fused-ring (bicyclic) bond motifs is 3. The van der Waals surface area contributed by atoms with Crippen LogP contribution in [-0.4, -0.2) is 22.9 Å². The van der Waals surface area contributed by atoms with Crippen LogP contribution in [0.2, 0.25) is 0 Å². The number of thiazole rings is 1. The number of benzene rings is 2. The van der Waals surface area contributed by atoms with Crippen molar-refractivity contribution in [1.82, 2.24) is 9.97 Å². The number of nitrogens with zero attached hydrogens (tertiary/aromatic N) is 2. The zero-order valence-electron chi connectivity index (χ0n) is 17.9. The fourth-order valence-corrected chi connectivity index (χ4v) is 5.28. The topological polar surface area (TPSA) is 52.1 Å². The average Bonchev–Trinajstić information content (AvgIpc) is 3.18. The second kappa shape index (κ2) is 8.83. The molecule has 0 unspecified atom stereocenters. The average molecular weight is 463 g/mol. The summed E-state index contributed by atoms with van der Waals surface area (Å²) >= 11 is 1.29. The molecule has 0 bridgehead atoms. The van der Waals surface area contributed by atoms with Crippen molar-refractivity contribution in [3.05, 3.63) is 88.2 Å². The molecule has 0 N–H and O–H groups in total. The number of halogens is 2. The number of carbonyl (C=O) groups is 1. The Balaban J connectivity index is 1.54. The van der Waals surface area contributed by atoms with Crippen LogP contribution >= 0.6 is 11.3 Å². The molecule has 1 aliphatic rings. The van der Waals surface area contributed by atoms with Crippen LogP contribution in [0.1, 0.15) is 33.0 Å².